The van der Waals surface area contributed by atoms with Gasteiger partial charge < -0.3 is 9.64 Å². The summed E-state index contributed by atoms with van der Waals surface area (Å²) < 4.78 is 28.2. The highest BCUT2D eigenvalue weighted by molar-refractivity contribution is 7.99. The molecule has 2 rings (SSSR count). The summed E-state index contributed by atoms with van der Waals surface area (Å²) in [5.41, 5.74) is -0.943. The molecule has 2 heterocycles. The van der Waals surface area contributed by atoms with Gasteiger partial charge in [0.05, 0.1) is 12.2 Å². The van der Waals surface area contributed by atoms with Crippen LogP contribution in [0.4, 0.5) is 8.78 Å². The van der Waals surface area contributed by atoms with Gasteiger partial charge in [0, 0.05) is 13.1 Å². The molecule has 0 aromatic rings. The first-order chi connectivity index (χ1) is 8.57. The maximum Gasteiger partial charge on any atom is 0.345 e. The Morgan fingerprint density at radius 1 is 1.44 bits per heavy atom. The van der Waals surface area contributed by atoms with E-state index in [0.29, 0.717) is 12.8 Å². The predicted molar refractivity (Wildman–Crippen MR) is 62.1 cm³/mol. The number of hydrogen-bond donors (Lipinski definition) is 0. The number of alkyl halides is 2. The number of nitrogens with zero attached hydrogens (tertiary/aromatic N) is 2. The molecule has 0 aliphatic carbocycles. The standard InChI is InChI=1S/C11H14F2N2O2S/c12-10(13)17-8-5-15(6-8)9(16)11(7-14)1-3-18-4-2-11/h8,10H,1-6H2. The summed E-state index contributed by atoms with van der Waals surface area (Å²) in [5.74, 6) is 1.37. The number of hydrogen-bond acceptors (Lipinski definition) is 4. The van der Waals surface area contributed by atoms with Gasteiger partial charge >= 0.3 is 6.61 Å². The Morgan fingerprint density at radius 2 is 2.06 bits per heavy atom. The largest absolute Gasteiger partial charge is 0.345 e. The van der Waals surface area contributed by atoms with Gasteiger partial charge in [0.15, 0.2) is 0 Å². The number of carbonyl (C=O) groups excluding carboxylic acids is 1. The lowest BCUT2D eigenvalue weighted by Gasteiger charge is -2.43. The summed E-state index contributed by atoms with van der Waals surface area (Å²) in [7, 11) is 0. The summed E-state index contributed by atoms with van der Waals surface area (Å²) >= 11 is 1.73. The third-order valence-electron chi connectivity index (χ3n) is 3.40. The van der Waals surface area contributed by atoms with Crippen molar-refractivity contribution in [2.75, 3.05) is 24.6 Å². The summed E-state index contributed by atoms with van der Waals surface area (Å²) in [6.07, 6.45) is 0.496. The van der Waals surface area contributed by atoms with Crippen LogP contribution in [-0.4, -0.2) is 48.1 Å². The number of rotatable bonds is 3. The van der Waals surface area contributed by atoms with Crippen molar-refractivity contribution in [2.24, 2.45) is 5.41 Å². The molecule has 2 saturated heterocycles. The second-order valence-electron chi connectivity index (χ2n) is 4.54. The fourth-order valence-electron chi connectivity index (χ4n) is 2.23. The molecular weight excluding hydrogens is 262 g/mol. The van der Waals surface area contributed by atoms with Crippen LogP contribution >= 0.6 is 11.8 Å². The maximum atomic E-state index is 12.2. The molecule has 4 nitrogen and oxygen atoms in total. The van der Waals surface area contributed by atoms with Crippen molar-refractivity contribution in [2.45, 2.75) is 25.6 Å². The highest BCUT2D eigenvalue weighted by Gasteiger charge is 2.46. The molecule has 7 heteroatoms. The summed E-state index contributed by atoms with van der Waals surface area (Å²) in [5, 5.41) is 9.23. The lowest BCUT2D eigenvalue weighted by atomic mass is 9.81. The van der Waals surface area contributed by atoms with E-state index in [1.807, 2.05) is 0 Å². The Labute approximate surface area is 108 Å². The molecule has 2 fully saturated rings. The monoisotopic (exact) mass is 276 g/mol. The van der Waals surface area contributed by atoms with Crippen LogP contribution in [0.25, 0.3) is 0 Å². The quantitative estimate of drug-likeness (QED) is 0.783. The van der Waals surface area contributed by atoms with Gasteiger partial charge in [-0.05, 0) is 24.3 Å². The SMILES string of the molecule is N#CC1(C(=O)N2CC(OC(F)F)C2)CCSCC1. The third kappa shape index (κ3) is 2.59. The van der Waals surface area contributed by atoms with Crippen LogP contribution in [0.3, 0.4) is 0 Å². The molecule has 0 aromatic heterocycles. The Kier molecular flexibility index (Phi) is 4.07. The molecule has 0 spiro atoms. The number of nitriles is 1. The van der Waals surface area contributed by atoms with Crippen LogP contribution in [-0.2, 0) is 9.53 Å². The molecule has 2 aliphatic rings. The normalized spacial score (nSPS) is 23.6. The Balaban J connectivity index is 1.90. The summed E-state index contributed by atoms with van der Waals surface area (Å²) in [4.78, 5) is 13.7. The van der Waals surface area contributed by atoms with Crippen LogP contribution in [0.15, 0.2) is 0 Å². The second kappa shape index (κ2) is 5.41. The van der Waals surface area contributed by atoms with Crippen LogP contribution in [0, 0.1) is 16.7 Å². The van der Waals surface area contributed by atoms with Crippen molar-refractivity contribution < 1.29 is 18.3 Å². The van der Waals surface area contributed by atoms with Gasteiger partial charge in [0.25, 0.3) is 0 Å². The molecule has 100 valence electrons. The highest BCUT2D eigenvalue weighted by atomic mass is 32.2. The fourth-order valence-corrected chi connectivity index (χ4v) is 3.42. The van der Waals surface area contributed by atoms with Gasteiger partial charge in [0.2, 0.25) is 5.91 Å². The van der Waals surface area contributed by atoms with Gasteiger partial charge in [-0.2, -0.15) is 25.8 Å². The zero-order valence-electron chi connectivity index (χ0n) is 9.77. The van der Waals surface area contributed by atoms with Crippen molar-refractivity contribution >= 4 is 17.7 Å². The predicted octanol–water partition coefficient (Wildman–Crippen LogP) is 1.47. The smallest absolute Gasteiger partial charge is 0.336 e. The third-order valence-corrected chi connectivity index (χ3v) is 4.39. The minimum absolute atomic E-state index is 0.166. The van der Waals surface area contributed by atoms with Crippen molar-refractivity contribution in [1.82, 2.24) is 4.90 Å². The summed E-state index contributed by atoms with van der Waals surface area (Å²) in [6.45, 7) is -2.47. The summed E-state index contributed by atoms with van der Waals surface area (Å²) in [6, 6.07) is 2.13. The average molecular weight is 276 g/mol. The van der Waals surface area contributed by atoms with Gasteiger partial charge in [0.1, 0.15) is 5.41 Å². The van der Waals surface area contributed by atoms with E-state index in [0.717, 1.165) is 11.5 Å². The van der Waals surface area contributed by atoms with E-state index >= 15 is 0 Å². The van der Waals surface area contributed by atoms with Gasteiger partial charge in [-0.3, -0.25) is 4.79 Å². The molecule has 0 radical (unpaired) electrons. The van der Waals surface area contributed by atoms with Crippen LogP contribution in [0.5, 0.6) is 0 Å². The van der Waals surface area contributed by atoms with E-state index in [1.165, 1.54) is 4.90 Å². The van der Waals surface area contributed by atoms with E-state index in [1.54, 1.807) is 11.8 Å². The molecule has 2 aliphatic heterocycles. The van der Waals surface area contributed by atoms with Crippen LogP contribution in [0.2, 0.25) is 0 Å². The molecule has 0 saturated carbocycles. The molecule has 0 aromatic carbocycles. The second-order valence-corrected chi connectivity index (χ2v) is 5.76. The lowest BCUT2D eigenvalue weighted by molar-refractivity contribution is -0.201. The number of thioether (sulfide) groups is 1. The number of ether oxygens (including phenoxy) is 1. The number of carbonyl (C=O) groups is 1. The van der Waals surface area contributed by atoms with Crippen molar-refractivity contribution in [3.05, 3.63) is 0 Å². The zero-order valence-corrected chi connectivity index (χ0v) is 10.6. The molecule has 1 amide bonds. The van der Waals surface area contributed by atoms with Crippen LogP contribution in [0.1, 0.15) is 12.8 Å². The van der Waals surface area contributed by atoms with Gasteiger partial charge in [-0.15, -0.1) is 0 Å². The van der Waals surface area contributed by atoms with Gasteiger partial charge in [-0.25, -0.2) is 0 Å². The number of amides is 1. The Hall–Kier alpha value is -0.870. The first kappa shape index (κ1) is 13.6. The van der Waals surface area contributed by atoms with Gasteiger partial charge in [-0.1, -0.05) is 0 Å². The number of halogens is 2. The zero-order chi connectivity index (χ0) is 13.2. The molecule has 0 bridgehead atoms. The average Bonchev–Trinajstić information content (AvgIpc) is 2.33. The number of likely N-dealkylation sites (tertiary alicyclic amines) is 1. The molecular formula is C11H14F2N2O2S. The maximum absolute atomic E-state index is 12.2. The molecule has 0 unspecified atom stereocenters. The van der Waals surface area contributed by atoms with E-state index in [9.17, 15) is 18.8 Å². The van der Waals surface area contributed by atoms with Crippen molar-refractivity contribution in [1.29, 1.82) is 5.26 Å². The lowest BCUT2D eigenvalue weighted by Crippen LogP contribution is -2.59. The van der Waals surface area contributed by atoms with E-state index in [2.05, 4.69) is 10.8 Å². The first-order valence-electron chi connectivity index (χ1n) is 5.79. The minimum Gasteiger partial charge on any atom is -0.336 e. The van der Waals surface area contributed by atoms with E-state index in [4.69, 9.17) is 0 Å². The fraction of sp³-hybridized carbons (Fsp3) is 0.818. The van der Waals surface area contributed by atoms with Crippen LogP contribution < -0.4 is 0 Å². The topological polar surface area (TPSA) is 53.3 Å². The minimum atomic E-state index is -2.80. The first-order valence-corrected chi connectivity index (χ1v) is 6.95. The van der Waals surface area contributed by atoms with Crippen molar-refractivity contribution in [3.8, 4) is 6.07 Å². The molecule has 0 atom stereocenters. The molecule has 0 N–H and O–H groups in total. The molecule has 18 heavy (non-hydrogen) atoms. The van der Waals surface area contributed by atoms with E-state index < -0.39 is 18.1 Å². The van der Waals surface area contributed by atoms with Crippen molar-refractivity contribution in [3.63, 3.8) is 0 Å². The highest BCUT2D eigenvalue weighted by Crippen LogP contribution is 2.37. The Morgan fingerprint density at radius 3 is 2.56 bits per heavy atom. The van der Waals surface area contributed by atoms with E-state index in [-0.39, 0.29) is 19.0 Å². The Bertz CT molecular complexity index is 361.